The maximum Gasteiger partial charge on any atom is 0.244 e. The highest BCUT2D eigenvalue weighted by Gasteiger charge is 2.31. The molecule has 1 atom stereocenters. The summed E-state index contributed by atoms with van der Waals surface area (Å²) in [6.07, 6.45) is 2.40. The molecule has 120 valence electrons. The van der Waals surface area contributed by atoms with E-state index in [1.54, 1.807) is 13.8 Å². The minimum atomic E-state index is -3.60. The third kappa shape index (κ3) is 3.48. The van der Waals surface area contributed by atoms with Crippen LogP contribution in [0.5, 0.6) is 0 Å². The van der Waals surface area contributed by atoms with Gasteiger partial charge in [-0.1, -0.05) is 0 Å². The van der Waals surface area contributed by atoms with Crippen molar-refractivity contribution in [1.29, 1.82) is 0 Å². The minimum absolute atomic E-state index is 0.150. The quantitative estimate of drug-likeness (QED) is 0.787. The lowest BCUT2D eigenvalue weighted by Crippen LogP contribution is -2.41. The van der Waals surface area contributed by atoms with E-state index in [0.29, 0.717) is 29.7 Å². The number of nitrogens with zero attached hydrogens (tertiary/aromatic N) is 1. The van der Waals surface area contributed by atoms with Crippen LogP contribution in [0.4, 0.5) is 0 Å². The number of nitrogens with two attached hydrogens (primary N) is 1. The summed E-state index contributed by atoms with van der Waals surface area (Å²) in [6, 6.07) is 0.754. The van der Waals surface area contributed by atoms with Crippen molar-refractivity contribution in [2.24, 2.45) is 5.73 Å². The number of hydrogen-bond acceptors (Lipinski definition) is 5. The van der Waals surface area contributed by atoms with Crippen molar-refractivity contribution in [3.8, 4) is 0 Å². The van der Waals surface area contributed by atoms with Gasteiger partial charge in [0, 0.05) is 30.7 Å². The number of furan rings is 1. The lowest BCUT2D eigenvalue weighted by molar-refractivity contribution is 0.248. The van der Waals surface area contributed by atoms with Crippen molar-refractivity contribution in [1.82, 2.24) is 9.62 Å². The largest absolute Gasteiger partial charge is 0.465 e. The van der Waals surface area contributed by atoms with E-state index in [-0.39, 0.29) is 17.5 Å². The second-order valence-electron chi connectivity index (χ2n) is 5.82. The number of aryl methyl sites for hydroxylation is 2. The van der Waals surface area contributed by atoms with E-state index in [2.05, 4.69) is 9.62 Å². The summed E-state index contributed by atoms with van der Waals surface area (Å²) in [5, 5.41) is 0. The van der Waals surface area contributed by atoms with Crippen molar-refractivity contribution in [2.75, 3.05) is 13.6 Å². The summed E-state index contributed by atoms with van der Waals surface area (Å²) in [7, 11) is -1.56. The van der Waals surface area contributed by atoms with Gasteiger partial charge < -0.3 is 10.2 Å². The first kappa shape index (κ1) is 16.5. The zero-order valence-electron chi connectivity index (χ0n) is 13.1. The number of likely N-dealkylation sites (N-methyl/N-ethyl adjacent to an activating group) is 1. The second kappa shape index (κ2) is 6.08. The first-order valence-electron chi connectivity index (χ1n) is 7.28. The molecular formula is C14H25N3O3S. The Morgan fingerprint density at radius 3 is 2.52 bits per heavy atom. The molecule has 7 heteroatoms. The molecule has 2 rings (SSSR count). The normalized spacial score (nSPS) is 17.4. The molecule has 0 aromatic carbocycles. The molecule has 1 aromatic rings. The molecule has 1 aliphatic rings. The maximum atomic E-state index is 12.5. The predicted molar refractivity (Wildman–Crippen MR) is 81.5 cm³/mol. The van der Waals surface area contributed by atoms with Gasteiger partial charge in [-0.15, -0.1) is 0 Å². The molecule has 0 spiro atoms. The van der Waals surface area contributed by atoms with E-state index >= 15 is 0 Å². The highest BCUT2D eigenvalue weighted by atomic mass is 32.2. The molecule has 1 unspecified atom stereocenters. The first-order chi connectivity index (χ1) is 9.77. The summed E-state index contributed by atoms with van der Waals surface area (Å²) in [5.41, 5.74) is 6.21. The van der Waals surface area contributed by atoms with Crippen molar-refractivity contribution < 1.29 is 12.8 Å². The minimum Gasteiger partial charge on any atom is -0.465 e. The van der Waals surface area contributed by atoms with E-state index < -0.39 is 10.0 Å². The molecular weight excluding hydrogens is 290 g/mol. The van der Waals surface area contributed by atoms with E-state index in [0.717, 1.165) is 0 Å². The third-order valence-electron chi connectivity index (χ3n) is 4.18. The van der Waals surface area contributed by atoms with Crippen LogP contribution < -0.4 is 10.5 Å². The summed E-state index contributed by atoms with van der Waals surface area (Å²) in [4.78, 5) is 2.42. The summed E-state index contributed by atoms with van der Waals surface area (Å²) in [6.45, 7) is 5.94. The average molecular weight is 315 g/mol. The van der Waals surface area contributed by atoms with Crippen molar-refractivity contribution in [2.45, 2.75) is 57.1 Å². The Bertz CT molecular complexity index is 605. The van der Waals surface area contributed by atoms with Crippen LogP contribution in [0.25, 0.3) is 0 Å². The molecule has 1 fully saturated rings. The van der Waals surface area contributed by atoms with E-state index in [9.17, 15) is 8.42 Å². The van der Waals surface area contributed by atoms with Crippen LogP contribution >= 0.6 is 0 Å². The molecule has 0 amide bonds. The predicted octanol–water partition coefficient (Wildman–Crippen LogP) is 1.12. The number of nitrogens with one attached hydrogen (secondary N) is 1. The zero-order chi connectivity index (χ0) is 15.8. The van der Waals surface area contributed by atoms with Crippen LogP contribution in [0.15, 0.2) is 9.31 Å². The van der Waals surface area contributed by atoms with E-state index in [1.165, 1.54) is 12.8 Å². The summed E-state index contributed by atoms with van der Waals surface area (Å²) in [5.74, 6) is 0.960. The van der Waals surface area contributed by atoms with Gasteiger partial charge >= 0.3 is 0 Å². The molecule has 0 saturated heterocycles. The fourth-order valence-corrected chi connectivity index (χ4v) is 4.16. The van der Waals surface area contributed by atoms with Gasteiger partial charge in [0.15, 0.2) is 0 Å². The Hall–Kier alpha value is -0.890. The van der Waals surface area contributed by atoms with Gasteiger partial charge in [0.25, 0.3) is 0 Å². The smallest absolute Gasteiger partial charge is 0.244 e. The SMILES string of the molecule is Cc1oc(C)c(S(=O)(=O)NCC(C)N(C)C2CC2)c1CN. The van der Waals surface area contributed by atoms with Crippen LogP contribution in [0, 0.1) is 13.8 Å². The van der Waals surface area contributed by atoms with Crippen molar-refractivity contribution in [3.05, 3.63) is 17.1 Å². The number of rotatable bonds is 7. The van der Waals surface area contributed by atoms with Crippen LogP contribution in [0.2, 0.25) is 0 Å². The monoisotopic (exact) mass is 315 g/mol. The van der Waals surface area contributed by atoms with Gasteiger partial charge in [0.2, 0.25) is 10.0 Å². The molecule has 6 nitrogen and oxygen atoms in total. The van der Waals surface area contributed by atoms with Crippen LogP contribution in [0.1, 0.15) is 36.8 Å². The molecule has 21 heavy (non-hydrogen) atoms. The first-order valence-corrected chi connectivity index (χ1v) is 8.76. The second-order valence-corrected chi connectivity index (χ2v) is 7.53. The molecule has 0 radical (unpaired) electrons. The standard InChI is InChI=1S/C14H25N3O3S/c1-9(17(4)12-5-6-12)8-16-21(18,19)14-11(3)20-10(2)13(14)7-15/h9,12,16H,5-8,15H2,1-4H3. The van der Waals surface area contributed by atoms with Crippen LogP contribution in [-0.4, -0.2) is 39.0 Å². The Labute approximate surface area is 126 Å². The van der Waals surface area contributed by atoms with Crippen LogP contribution in [-0.2, 0) is 16.6 Å². The Kier molecular flexibility index (Phi) is 4.77. The topological polar surface area (TPSA) is 88.6 Å². The number of sulfonamides is 1. The van der Waals surface area contributed by atoms with Crippen molar-refractivity contribution in [3.63, 3.8) is 0 Å². The van der Waals surface area contributed by atoms with Gasteiger partial charge in [0.05, 0.1) is 0 Å². The molecule has 1 aliphatic carbocycles. The maximum absolute atomic E-state index is 12.5. The number of hydrogen-bond donors (Lipinski definition) is 2. The summed E-state index contributed by atoms with van der Waals surface area (Å²) >= 11 is 0. The Balaban J connectivity index is 2.11. The van der Waals surface area contributed by atoms with Gasteiger partial charge in [-0.3, -0.25) is 4.90 Å². The molecule has 0 bridgehead atoms. The van der Waals surface area contributed by atoms with Gasteiger partial charge in [0.1, 0.15) is 16.4 Å². The third-order valence-corrected chi connectivity index (χ3v) is 5.80. The molecule has 1 aromatic heterocycles. The zero-order valence-corrected chi connectivity index (χ0v) is 14.0. The Morgan fingerprint density at radius 2 is 2.00 bits per heavy atom. The van der Waals surface area contributed by atoms with Gasteiger partial charge in [-0.2, -0.15) is 0 Å². The fraction of sp³-hybridized carbons (Fsp3) is 0.714. The molecule has 1 heterocycles. The average Bonchev–Trinajstić information content (AvgIpc) is 3.20. The fourth-order valence-electron chi connectivity index (χ4n) is 2.59. The summed E-state index contributed by atoms with van der Waals surface area (Å²) < 4.78 is 33.1. The van der Waals surface area contributed by atoms with Crippen molar-refractivity contribution >= 4 is 10.0 Å². The van der Waals surface area contributed by atoms with Gasteiger partial charge in [-0.25, -0.2) is 13.1 Å². The van der Waals surface area contributed by atoms with Gasteiger partial charge in [-0.05, 0) is 40.7 Å². The molecule has 3 N–H and O–H groups in total. The van der Waals surface area contributed by atoms with E-state index in [4.69, 9.17) is 10.2 Å². The highest BCUT2D eigenvalue weighted by Crippen LogP contribution is 2.28. The molecule has 1 saturated carbocycles. The highest BCUT2D eigenvalue weighted by molar-refractivity contribution is 7.89. The van der Waals surface area contributed by atoms with Crippen LogP contribution in [0.3, 0.4) is 0 Å². The molecule has 0 aliphatic heterocycles. The van der Waals surface area contributed by atoms with E-state index in [1.807, 2.05) is 14.0 Å². The Morgan fingerprint density at radius 1 is 1.38 bits per heavy atom. The lowest BCUT2D eigenvalue weighted by atomic mass is 10.2. The lowest BCUT2D eigenvalue weighted by Gasteiger charge is -2.24.